The summed E-state index contributed by atoms with van der Waals surface area (Å²) in [6, 6.07) is 8.07. The van der Waals surface area contributed by atoms with Gasteiger partial charge in [0.2, 0.25) is 5.91 Å². The van der Waals surface area contributed by atoms with Crippen molar-refractivity contribution in [1.29, 1.82) is 0 Å². The van der Waals surface area contributed by atoms with E-state index in [-0.39, 0.29) is 23.7 Å². The highest BCUT2D eigenvalue weighted by Gasteiger charge is 2.37. The summed E-state index contributed by atoms with van der Waals surface area (Å²) in [4.78, 5) is 27.0. The van der Waals surface area contributed by atoms with Crippen molar-refractivity contribution in [1.82, 2.24) is 4.90 Å². The highest BCUT2D eigenvalue weighted by molar-refractivity contribution is 7.99. The monoisotopic (exact) mass is 305 g/mol. The number of aliphatic carboxylic acids is 1. The first-order chi connectivity index (χ1) is 10.1. The number of hydrogen-bond donors (Lipinski definition) is 1. The molecule has 0 aliphatic carbocycles. The lowest BCUT2D eigenvalue weighted by molar-refractivity contribution is -0.148. The van der Waals surface area contributed by atoms with E-state index in [4.69, 9.17) is 5.11 Å². The Bertz CT molecular complexity index is 574. The molecule has 1 amide bonds. The summed E-state index contributed by atoms with van der Waals surface area (Å²) >= 11 is 1.73. The third-order valence-corrected chi connectivity index (χ3v) is 5.71. The average Bonchev–Trinajstić information content (AvgIpc) is 2.90. The Morgan fingerprint density at radius 2 is 2.10 bits per heavy atom. The number of carbonyl (C=O) groups excluding carboxylic acids is 1. The van der Waals surface area contributed by atoms with E-state index in [1.807, 2.05) is 30.0 Å². The Kier molecular flexibility index (Phi) is 3.93. The van der Waals surface area contributed by atoms with Crippen LogP contribution in [0.15, 0.2) is 29.2 Å². The maximum Gasteiger partial charge on any atom is 0.306 e. The van der Waals surface area contributed by atoms with E-state index in [2.05, 4.69) is 6.07 Å². The number of fused-ring (bicyclic) bond motifs is 1. The van der Waals surface area contributed by atoms with Crippen LogP contribution >= 0.6 is 11.8 Å². The van der Waals surface area contributed by atoms with Crippen LogP contribution in [-0.2, 0) is 9.59 Å². The predicted octanol–water partition coefficient (Wildman–Crippen LogP) is 2.45. The molecule has 21 heavy (non-hydrogen) atoms. The number of thioether (sulfide) groups is 1. The molecule has 112 valence electrons. The van der Waals surface area contributed by atoms with E-state index in [9.17, 15) is 9.59 Å². The molecule has 3 rings (SSSR count). The van der Waals surface area contributed by atoms with Crippen LogP contribution in [0.1, 0.15) is 24.8 Å². The number of amides is 1. The molecule has 4 nitrogen and oxygen atoms in total. The van der Waals surface area contributed by atoms with Crippen LogP contribution in [0.4, 0.5) is 0 Å². The summed E-state index contributed by atoms with van der Waals surface area (Å²) in [5.41, 5.74) is 1.13. The minimum atomic E-state index is -0.739. The van der Waals surface area contributed by atoms with Crippen molar-refractivity contribution in [3.63, 3.8) is 0 Å². The number of nitrogens with zero attached hydrogens (tertiary/aromatic N) is 1. The molecule has 0 spiro atoms. The first-order valence-electron chi connectivity index (χ1n) is 7.31. The lowest BCUT2D eigenvalue weighted by atomic mass is 9.86. The lowest BCUT2D eigenvalue weighted by Crippen LogP contribution is -2.46. The first-order valence-corrected chi connectivity index (χ1v) is 8.30. The molecule has 5 heteroatoms. The number of hydrogen-bond acceptors (Lipinski definition) is 3. The SMILES string of the molecule is CC1CN(C(=O)C2CSc3ccccc32)CCC1C(=O)O. The second kappa shape index (κ2) is 5.72. The van der Waals surface area contributed by atoms with E-state index in [0.717, 1.165) is 11.3 Å². The van der Waals surface area contributed by atoms with E-state index < -0.39 is 5.97 Å². The van der Waals surface area contributed by atoms with Gasteiger partial charge >= 0.3 is 5.97 Å². The normalized spacial score (nSPS) is 28.2. The average molecular weight is 305 g/mol. The molecule has 1 N–H and O–H groups in total. The van der Waals surface area contributed by atoms with Gasteiger partial charge in [-0.15, -0.1) is 11.8 Å². The van der Waals surface area contributed by atoms with Gasteiger partial charge in [0.1, 0.15) is 0 Å². The zero-order valence-electron chi connectivity index (χ0n) is 12.0. The zero-order valence-corrected chi connectivity index (χ0v) is 12.8. The third kappa shape index (κ3) is 2.67. The van der Waals surface area contributed by atoms with Crippen LogP contribution in [0.25, 0.3) is 0 Å². The van der Waals surface area contributed by atoms with E-state index >= 15 is 0 Å². The Morgan fingerprint density at radius 3 is 2.81 bits per heavy atom. The predicted molar refractivity (Wildman–Crippen MR) is 81.4 cm³/mol. The van der Waals surface area contributed by atoms with Crippen molar-refractivity contribution < 1.29 is 14.7 Å². The van der Waals surface area contributed by atoms with Crippen LogP contribution < -0.4 is 0 Å². The van der Waals surface area contributed by atoms with Gasteiger partial charge in [-0.2, -0.15) is 0 Å². The molecule has 1 fully saturated rings. The number of carboxylic acids is 1. The minimum Gasteiger partial charge on any atom is -0.481 e. The van der Waals surface area contributed by atoms with Gasteiger partial charge in [-0.25, -0.2) is 0 Å². The topological polar surface area (TPSA) is 57.6 Å². The number of piperidine rings is 1. The first kappa shape index (κ1) is 14.4. The largest absolute Gasteiger partial charge is 0.481 e. The third-order valence-electron chi connectivity index (χ3n) is 4.53. The molecule has 2 aliphatic rings. The number of likely N-dealkylation sites (tertiary alicyclic amines) is 1. The minimum absolute atomic E-state index is 0.0181. The molecule has 0 radical (unpaired) electrons. The Hall–Kier alpha value is -1.49. The second-order valence-electron chi connectivity index (χ2n) is 5.90. The van der Waals surface area contributed by atoms with Crippen molar-refractivity contribution in [3.8, 4) is 0 Å². The molecule has 0 bridgehead atoms. The molecule has 0 aromatic heterocycles. The Labute approximate surface area is 128 Å². The summed E-state index contributed by atoms with van der Waals surface area (Å²) in [5.74, 6) is -0.158. The van der Waals surface area contributed by atoms with E-state index in [0.29, 0.717) is 19.5 Å². The van der Waals surface area contributed by atoms with Crippen LogP contribution in [0, 0.1) is 11.8 Å². The standard InChI is InChI=1S/C16H19NO3S/c1-10-8-17(7-6-11(10)16(19)20)15(18)13-9-21-14-5-3-2-4-12(13)14/h2-5,10-11,13H,6-9H2,1H3,(H,19,20). The number of benzene rings is 1. The van der Waals surface area contributed by atoms with Crippen LogP contribution in [-0.4, -0.2) is 40.7 Å². The maximum atomic E-state index is 12.8. The van der Waals surface area contributed by atoms with Crippen LogP contribution in [0.2, 0.25) is 0 Å². The molecule has 1 saturated heterocycles. The van der Waals surface area contributed by atoms with Gasteiger partial charge in [-0.05, 0) is 24.0 Å². The van der Waals surface area contributed by atoms with Crippen molar-refractivity contribution in [2.75, 3.05) is 18.8 Å². The lowest BCUT2D eigenvalue weighted by Gasteiger charge is -2.36. The molecule has 2 heterocycles. The van der Waals surface area contributed by atoms with Gasteiger partial charge in [0.25, 0.3) is 0 Å². The molecule has 2 aliphatic heterocycles. The summed E-state index contributed by atoms with van der Waals surface area (Å²) < 4.78 is 0. The molecule has 3 unspecified atom stereocenters. The highest BCUT2D eigenvalue weighted by Crippen LogP contribution is 2.40. The molecule has 1 aromatic rings. The number of carbonyl (C=O) groups is 2. The van der Waals surface area contributed by atoms with E-state index in [1.54, 1.807) is 11.8 Å². The van der Waals surface area contributed by atoms with Gasteiger partial charge < -0.3 is 10.0 Å². The fourth-order valence-corrected chi connectivity index (χ4v) is 4.52. The summed E-state index contributed by atoms with van der Waals surface area (Å²) in [5, 5.41) is 9.17. The van der Waals surface area contributed by atoms with Crippen molar-refractivity contribution >= 4 is 23.6 Å². The molecule has 0 saturated carbocycles. The Balaban J connectivity index is 1.72. The van der Waals surface area contributed by atoms with Gasteiger partial charge in [0.15, 0.2) is 0 Å². The van der Waals surface area contributed by atoms with Crippen LogP contribution in [0.5, 0.6) is 0 Å². The van der Waals surface area contributed by atoms with Gasteiger partial charge in [0.05, 0.1) is 11.8 Å². The number of carboxylic acid groups (broad SMARTS) is 1. The van der Waals surface area contributed by atoms with Gasteiger partial charge in [-0.1, -0.05) is 25.1 Å². The van der Waals surface area contributed by atoms with Crippen LogP contribution in [0.3, 0.4) is 0 Å². The smallest absolute Gasteiger partial charge is 0.306 e. The van der Waals surface area contributed by atoms with Gasteiger partial charge in [0, 0.05) is 23.7 Å². The van der Waals surface area contributed by atoms with Crippen molar-refractivity contribution in [3.05, 3.63) is 29.8 Å². The summed E-state index contributed by atoms with van der Waals surface area (Å²) in [7, 11) is 0. The maximum absolute atomic E-state index is 12.8. The zero-order chi connectivity index (χ0) is 15.0. The Morgan fingerprint density at radius 1 is 1.33 bits per heavy atom. The molecular formula is C16H19NO3S. The molecule has 3 atom stereocenters. The van der Waals surface area contributed by atoms with Crippen molar-refractivity contribution in [2.45, 2.75) is 24.2 Å². The number of rotatable bonds is 2. The molecular weight excluding hydrogens is 286 g/mol. The fraction of sp³-hybridized carbons (Fsp3) is 0.500. The quantitative estimate of drug-likeness (QED) is 0.912. The second-order valence-corrected chi connectivity index (χ2v) is 6.96. The summed E-state index contributed by atoms with van der Waals surface area (Å²) in [6.07, 6.45) is 0.559. The van der Waals surface area contributed by atoms with Crippen molar-refractivity contribution in [2.24, 2.45) is 11.8 Å². The highest BCUT2D eigenvalue weighted by atomic mass is 32.2. The molecule has 1 aromatic carbocycles. The summed E-state index contributed by atoms with van der Waals surface area (Å²) in [6.45, 7) is 3.04. The fourth-order valence-electron chi connectivity index (χ4n) is 3.30. The van der Waals surface area contributed by atoms with E-state index in [1.165, 1.54) is 4.90 Å². The van der Waals surface area contributed by atoms with Gasteiger partial charge in [-0.3, -0.25) is 9.59 Å².